The molecule has 0 radical (unpaired) electrons. The zero-order chi connectivity index (χ0) is 37.0. The van der Waals surface area contributed by atoms with Crippen LogP contribution in [0.2, 0.25) is 0 Å². The normalized spacial score (nSPS) is 32.4. The van der Waals surface area contributed by atoms with Gasteiger partial charge in [0.15, 0.2) is 6.10 Å². The lowest BCUT2D eigenvalue weighted by Crippen LogP contribution is -2.53. The molecule has 0 spiro atoms. The van der Waals surface area contributed by atoms with Crippen LogP contribution in [0.25, 0.3) is 0 Å². The smallest absolute Gasteiger partial charge is 0.410 e. The Morgan fingerprint density at radius 3 is 2.43 bits per heavy atom. The molecular weight excluding hydrogens is 657 g/mol. The monoisotopic (exact) mass is 719 g/mol. The Hall–Kier alpha value is -2.96. The summed E-state index contributed by atoms with van der Waals surface area (Å²) in [7, 11) is 0. The van der Waals surface area contributed by atoms with E-state index in [1.807, 2.05) is 39.0 Å². The zero-order valence-electron chi connectivity index (χ0n) is 31.2. The molecule has 0 unspecified atom stereocenters. The Kier molecular flexibility index (Phi) is 15.8. The summed E-state index contributed by atoms with van der Waals surface area (Å²) in [5.41, 5.74) is -0.746. The van der Waals surface area contributed by atoms with Gasteiger partial charge < -0.3 is 34.2 Å². The van der Waals surface area contributed by atoms with Gasteiger partial charge in [-0.1, -0.05) is 63.8 Å². The van der Waals surface area contributed by atoms with E-state index in [2.05, 4.69) is 4.90 Å². The van der Waals surface area contributed by atoms with E-state index in [9.17, 15) is 29.0 Å². The van der Waals surface area contributed by atoms with Crippen molar-refractivity contribution in [3.8, 4) is 0 Å². The number of piperazine rings is 1. The van der Waals surface area contributed by atoms with Crippen LogP contribution < -0.4 is 0 Å². The molecule has 4 aliphatic rings. The lowest BCUT2D eigenvalue weighted by atomic mass is 9.89. The molecule has 12 heteroatoms. The van der Waals surface area contributed by atoms with E-state index in [4.69, 9.17) is 14.2 Å². The van der Waals surface area contributed by atoms with Crippen molar-refractivity contribution in [3.05, 3.63) is 36.0 Å². The standard InChI is InChI=1S/C39H62FN3O8/c1-28(27-49-38(47)43-20-10-15-32(43)26-40)11-9-12-29(2)36-30(3)16-17-34(39(4,48)19-18-33(44)25-35(45)51-36)50-37(46)42-23-21-41(22-24-42)31-13-7-5-6-8-14-31/h9,11-12,16-17,28,30-34,36,44,48H,5-8,10,13-15,18-27H2,1-4H3/b11-9+,17-16-,29-12+/t28-,30+,32-,33+,34+,36-,39+/m1/s1. The predicted molar refractivity (Wildman–Crippen MR) is 193 cm³/mol. The lowest BCUT2D eigenvalue weighted by Gasteiger charge is -2.40. The van der Waals surface area contributed by atoms with Crippen LogP contribution in [-0.2, 0) is 19.0 Å². The van der Waals surface area contributed by atoms with E-state index >= 15 is 0 Å². The van der Waals surface area contributed by atoms with E-state index in [-0.39, 0.29) is 37.7 Å². The van der Waals surface area contributed by atoms with Gasteiger partial charge in [0.05, 0.1) is 25.2 Å². The first-order valence-electron chi connectivity index (χ1n) is 19.2. The van der Waals surface area contributed by atoms with Crippen LogP contribution in [-0.4, -0.2) is 125 Å². The first kappa shape index (κ1) is 40.8. The van der Waals surface area contributed by atoms with Gasteiger partial charge in [-0.15, -0.1) is 0 Å². The number of hydrogen-bond donors (Lipinski definition) is 2. The van der Waals surface area contributed by atoms with Crippen molar-refractivity contribution in [2.45, 2.75) is 134 Å². The molecule has 11 nitrogen and oxygen atoms in total. The van der Waals surface area contributed by atoms with Crippen molar-refractivity contribution >= 4 is 18.2 Å². The van der Waals surface area contributed by atoms with Crippen LogP contribution >= 0.6 is 0 Å². The molecule has 7 atom stereocenters. The molecule has 2 saturated heterocycles. The first-order valence-corrected chi connectivity index (χ1v) is 19.2. The third kappa shape index (κ3) is 12.3. The van der Waals surface area contributed by atoms with Crippen molar-refractivity contribution in [1.82, 2.24) is 14.7 Å². The molecule has 1 saturated carbocycles. The molecule has 0 bridgehead atoms. The molecule has 0 aromatic carbocycles. The summed E-state index contributed by atoms with van der Waals surface area (Å²) in [5.74, 6) is -1.03. The Bertz CT molecular complexity index is 1220. The van der Waals surface area contributed by atoms with Gasteiger partial charge in [-0.25, -0.2) is 14.0 Å². The van der Waals surface area contributed by atoms with E-state index in [1.54, 1.807) is 24.0 Å². The number of carbonyl (C=O) groups is 3. The third-order valence-electron chi connectivity index (χ3n) is 11.0. The number of hydrogen-bond acceptors (Lipinski definition) is 9. The van der Waals surface area contributed by atoms with Gasteiger partial charge in [-0.05, 0) is 64.0 Å². The molecule has 0 aromatic heterocycles. The number of nitrogens with zero attached hydrogens (tertiary/aromatic N) is 3. The number of amides is 2. The summed E-state index contributed by atoms with van der Waals surface area (Å²) < 4.78 is 30.5. The fraction of sp³-hybridized carbons (Fsp3) is 0.769. The second-order valence-electron chi connectivity index (χ2n) is 15.4. The number of aliphatic hydroxyl groups excluding tert-OH is 1. The van der Waals surface area contributed by atoms with Gasteiger partial charge in [-0.3, -0.25) is 9.69 Å². The van der Waals surface area contributed by atoms with Crippen molar-refractivity contribution in [1.29, 1.82) is 0 Å². The van der Waals surface area contributed by atoms with Gasteiger partial charge in [0.25, 0.3) is 0 Å². The minimum Gasteiger partial charge on any atom is -0.457 e. The molecule has 288 valence electrons. The summed E-state index contributed by atoms with van der Waals surface area (Å²) in [6.07, 6.45) is 14.3. The van der Waals surface area contributed by atoms with Crippen LogP contribution in [0.3, 0.4) is 0 Å². The lowest BCUT2D eigenvalue weighted by molar-refractivity contribution is -0.151. The van der Waals surface area contributed by atoms with Gasteiger partial charge in [0, 0.05) is 50.6 Å². The quantitative estimate of drug-likeness (QED) is 0.103. The number of alkyl halides is 1. The third-order valence-corrected chi connectivity index (χ3v) is 11.0. The summed E-state index contributed by atoms with van der Waals surface area (Å²) >= 11 is 0. The van der Waals surface area contributed by atoms with Crippen LogP contribution in [0.4, 0.5) is 14.0 Å². The fourth-order valence-electron chi connectivity index (χ4n) is 7.60. The molecule has 3 fully saturated rings. The average Bonchev–Trinajstić information content (AvgIpc) is 3.43. The number of cyclic esters (lactones) is 1. The van der Waals surface area contributed by atoms with Gasteiger partial charge in [0.1, 0.15) is 18.4 Å². The Balaban J connectivity index is 1.39. The number of halogens is 1. The van der Waals surface area contributed by atoms with Crippen molar-refractivity contribution < 1.29 is 43.2 Å². The molecule has 51 heavy (non-hydrogen) atoms. The number of aliphatic hydroxyl groups is 2. The summed E-state index contributed by atoms with van der Waals surface area (Å²) in [6, 6.07) is 0.165. The number of likely N-dealkylation sites (tertiary alicyclic amines) is 1. The zero-order valence-corrected chi connectivity index (χ0v) is 31.2. The van der Waals surface area contributed by atoms with Gasteiger partial charge in [0.2, 0.25) is 0 Å². The minimum absolute atomic E-state index is 0.114. The highest BCUT2D eigenvalue weighted by molar-refractivity contribution is 5.70. The second kappa shape index (κ2) is 19.8. The number of esters is 1. The van der Waals surface area contributed by atoms with Crippen LogP contribution in [0.1, 0.15) is 98.3 Å². The number of carbonyl (C=O) groups excluding carboxylic acids is 3. The van der Waals surface area contributed by atoms with Crippen LogP contribution in [0, 0.1) is 11.8 Å². The molecule has 1 aliphatic carbocycles. The van der Waals surface area contributed by atoms with Crippen molar-refractivity contribution in [2.75, 3.05) is 46.0 Å². The number of ether oxygens (including phenoxy) is 3. The largest absolute Gasteiger partial charge is 0.457 e. The van der Waals surface area contributed by atoms with E-state index in [0.717, 1.165) is 25.1 Å². The van der Waals surface area contributed by atoms with Crippen molar-refractivity contribution in [2.24, 2.45) is 11.8 Å². The summed E-state index contributed by atoms with van der Waals surface area (Å²) in [6.45, 7) is 10.0. The van der Waals surface area contributed by atoms with Gasteiger partial charge >= 0.3 is 18.2 Å². The molecule has 0 aromatic rings. The van der Waals surface area contributed by atoms with Crippen LogP contribution in [0.15, 0.2) is 36.0 Å². The van der Waals surface area contributed by atoms with E-state index in [1.165, 1.54) is 43.4 Å². The summed E-state index contributed by atoms with van der Waals surface area (Å²) in [5, 5.41) is 22.2. The fourth-order valence-corrected chi connectivity index (χ4v) is 7.60. The molecule has 2 N–H and O–H groups in total. The maximum atomic E-state index is 13.4. The molecule has 3 heterocycles. The average molecular weight is 720 g/mol. The Morgan fingerprint density at radius 2 is 1.75 bits per heavy atom. The molecule has 2 amide bonds. The highest BCUT2D eigenvalue weighted by atomic mass is 19.1. The van der Waals surface area contributed by atoms with Crippen molar-refractivity contribution in [3.63, 3.8) is 0 Å². The molecular formula is C39H62FN3O8. The molecule has 4 rings (SSSR count). The van der Waals surface area contributed by atoms with E-state index in [0.29, 0.717) is 32.1 Å². The highest BCUT2D eigenvalue weighted by Gasteiger charge is 2.37. The topological polar surface area (TPSA) is 129 Å². The Labute approximate surface area is 303 Å². The predicted octanol–water partition coefficient (Wildman–Crippen LogP) is 5.94. The molecule has 3 aliphatic heterocycles. The first-order chi connectivity index (χ1) is 24.4. The van der Waals surface area contributed by atoms with E-state index < -0.39 is 54.8 Å². The maximum absolute atomic E-state index is 13.4. The van der Waals surface area contributed by atoms with Crippen LogP contribution in [0.5, 0.6) is 0 Å². The minimum atomic E-state index is -1.48. The number of rotatable bonds is 8. The Morgan fingerprint density at radius 1 is 1.04 bits per heavy atom. The highest BCUT2D eigenvalue weighted by Crippen LogP contribution is 2.28. The second-order valence-corrected chi connectivity index (χ2v) is 15.4. The summed E-state index contributed by atoms with van der Waals surface area (Å²) in [4.78, 5) is 44.4. The SMILES string of the molecule is C/C(=C\C=C\[C@@H](C)COC(=O)N1CCC[C@@H]1CF)[C@H]1OC(=O)C[C@@H](O)CC[C@](C)(O)[C@@H](OC(=O)N2CCN(C3CCCCCC3)CC2)/C=C\[C@@H]1C. The maximum Gasteiger partial charge on any atom is 0.410 e. The van der Waals surface area contributed by atoms with Gasteiger partial charge in [-0.2, -0.15) is 0 Å². The number of allylic oxidation sites excluding steroid dienone is 2.